The summed E-state index contributed by atoms with van der Waals surface area (Å²) in [6.45, 7) is 1.95. The molecule has 0 saturated heterocycles. The van der Waals surface area contributed by atoms with E-state index in [0.717, 1.165) is 11.1 Å². The number of oxazole rings is 1. The Morgan fingerprint density at radius 3 is 2.50 bits per heavy atom. The van der Waals surface area contributed by atoms with Gasteiger partial charge in [0.15, 0.2) is 11.4 Å². The number of rotatable bonds is 3. The number of carbonyl (C=O) groups is 1. The van der Waals surface area contributed by atoms with E-state index in [9.17, 15) is 4.79 Å². The number of hydrogen-bond donors (Lipinski definition) is 0. The van der Waals surface area contributed by atoms with Crippen molar-refractivity contribution in [3.8, 4) is 11.5 Å². The summed E-state index contributed by atoms with van der Waals surface area (Å²) in [5, 5.41) is 0.793. The summed E-state index contributed by atoms with van der Waals surface area (Å²) in [6.07, 6.45) is 0. The first-order chi connectivity index (χ1) is 12.5. The zero-order valence-electron chi connectivity index (χ0n) is 13.8. The van der Waals surface area contributed by atoms with E-state index in [2.05, 4.69) is 4.98 Å². The van der Waals surface area contributed by atoms with Gasteiger partial charge in [-0.25, -0.2) is 4.98 Å². The van der Waals surface area contributed by atoms with Gasteiger partial charge >= 0.3 is 0 Å². The van der Waals surface area contributed by atoms with Crippen LogP contribution in [0.25, 0.3) is 22.6 Å². The van der Waals surface area contributed by atoms with E-state index in [1.165, 1.54) is 0 Å². The molecule has 3 nitrogen and oxygen atoms in total. The van der Waals surface area contributed by atoms with E-state index in [-0.39, 0.29) is 5.78 Å². The van der Waals surface area contributed by atoms with Crippen molar-refractivity contribution < 1.29 is 9.21 Å². The number of nitrogens with zero attached hydrogens (tertiary/aromatic N) is 1. The number of halogens is 2. The Morgan fingerprint density at radius 2 is 1.73 bits per heavy atom. The molecule has 5 heteroatoms. The number of ketones is 1. The fraction of sp³-hybridized carbons (Fsp3) is 0.0476. The average molecular weight is 382 g/mol. The molecule has 0 fully saturated rings. The molecular formula is C21H13Cl2NO2. The molecule has 4 aromatic rings. The van der Waals surface area contributed by atoms with Gasteiger partial charge in [-0.1, -0.05) is 47.0 Å². The summed E-state index contributed by atoms with van der Waals surface area (Å²) < 4.78 is 5.87. The smallest absolute Gasteiger partial charge is 0.228 e. The molecule has 0 N–H and O–H groups in total. The topological polar surface area (TPSA) is 43.1 Å². The van der Waals surface area contributed by atoms with Crippen molar-refractivity contribution in [3.05, 3.63) is 87.4 Å². The number of carbonyl (C=O) groups excluding carboxylic acids is 1. The zero-order valence-corrected chi connectivity index (χ0v) is 15.3. The second-order valence-corrected chi connectivity index (χ2v) is 6.83. The minimum absolute atomic E-state index is 0.205. The molecule has 4 rings (SSSR count). The minimum Gasteiger partial charge on any atom is -0.436 e. The highest BCUT2D eigenvalue weighted by molar-refractivity contribution is 6.37. The minimum atomic E-state index is -0.205. The summed E-state index contributed by atoms with van der Waals surface area (Å²) in [7, 11) is 0. The lowest BCUT2D eigenvalue weighted by Crippen LogP contribution is -2.05. The maximum atomic E-state index is 13.1. The van der Waals surface area contributed by atoms with Gasteiger partial charge in [0.25, 0.3) is 0 Å². The summed E-state index contributed by atoms with van der Waals surface area (Å²) >= 11 is 12.2. The molecule has 0 unspecified atom stereocenters. The number of fused-ring (bicyclic) bond motifs is 1. The Balaban J connectivity index is 1.88. The molecule has 0 spiro atoms. The largest absolute Gasteiger partial charge is 0.436 e. The van der Waals surface area contributed by atoms with Gasteiger partial charge in [0.2, 0.25) is 5.89 Å². The third-order valence-corrected chi connectivity index (χ3v) is 4.67. The van der Waals surface area contributed by atoms with E-state index in [4.69, 9.17) is 27.6 Å². The lowest BCUT2D eigenvalue weighted by atomic mass is 9.96. The molecule has 128 valence electrons. The van der Waals surface area contributed by atoms with Crippen molar-refractivity contribution in [1.29, 1.82) is 0 Å². The van der Waals surface area contributed by atoms with Gasteiger partial charge in [0, 0.05) is 21.7 Å². The van der Waals surface area contributed by atoms with Crippen LogP contribution in [0.5, 0.6) is 0 Å². The Bertz CT molecular complexity index is 1110. The van der Waals surface area contributed by atoms with Crippen LogP contribution in [0, 0.1) is 6.92 Å². The fourth-order valence-electron chi connectivity index (χ4n) is 2.84. The van der Waals surface area contributed by atoms with E-state index in [1.54, 1.807) is 24.3 Å². The van der Waals surface area contributed by atoms with Crippen LogP contribution < -0.4 is 0 Å². The molecule has 0 radical (unpaired) electrons. The molecule has 0 atom stereocenters. The lowest BCUT2D eigenvalue weighted by Gasteiger charge is -2.09. The van der Waals surface area contributed by atoms with Crippen molar-refractivity contribution in [2.24, 2.45) is 0 Å². The summed E-state index contributed by atoms with van der Waals surface area (Å²) in [4.78, 5) is 17.6. The van der Waals surface area contributed by atoms with Gasteiger partial charge in [0.1, 0.15) is 5.52 Å². The number of aryl methyl sites for hydroxylation is 1. The van der Waals surface area contributed by atoms with Crippen LogP contribution in [0.15, 0.2) is 65.1 Å². The molecule has 0 aliphatic rings. The maximum absolute atomic E-state index is 13.1. The first-order valence-electron chi connectivity index (χ1n) is 7.99. The quantitative estimate of drug-likeness (QED) is 0.388. The third-order valence-electron chi connectivity index (χ3n) is 4.12. The predicted octanol–water partition coefficient (Wildman–Crippen LogP) is 6.34. The van der Waals surface area contributed by atoms with Crippen LogP contribution >= 0.6 is 23.2 Å². The van der Waals surface area contributed by atoms with Crippen LogP contribution in [0.4, 0.5) is 0 Å². The Labute approximate surface area is 160 Å². The lowest BCUT2D eigenvalue weighted by molar-refractivity contribution is 0.103. The Morgan fingerprint density at radius 1 is 0.962 bits per heavy atom. The highest BCUT2D eigenvalue weighted by Gasteiger charge is 2.20. The second kappa shape index (κ2) is 6.60. The normalized spacial score (nSPS) is 11.0. The van der Waals surface area contributed by atoms with Crippen LogP contribution in [-0.2, 0) is 0 Å². The standard InChI is InChI=1S/C21H13Cl2NO2/c1-12-6-8-14(20(25)15-9-7-13(22)11-17(15)23)16(10-12)21-24-18-4-2-3-5-19(18)26-21/h2-11H,1H3. The maximum Gasteiger partial charge on any atom is 0.228 e. The molecule has 26 heavy (non-hydrogen) atoms. The van der Waals surface area contributed by atoms with Crippen molar-refractivity contribution in [1.82, 2.24) is 4.98 Å². The molecule has 0 aliphatic carbocycles. The summed E-state index contributed by atoms with van der Waals surface area (Å²) in [6, 6.07) is 17.9. The van der Waals surface area contributed by atoms with Crippen LogP contribution in [-0.4, -0.2) is 10.8 Å². The molecule has 0 aliphatic heterocycles. The van der Waals surface area contributed by atoms with Crippen molar-refractivity contribution in [2.75, 3.05) is 0 Å². The summed E-state index contributed by atoms with van der Waals surface area (Å²) in [5.74, 6) is 0.201. The SMILES string of the molecule is Cc1ccc(C(=O)c2ccc(Cl)cc2Cl)c(-c2nc3ccccc3o2)c1. The number of aromatic nitrogens is 1. The van der Waals surface area contributed by atoms with Gasteiger partial charge in [-0.3, -0.25) is 4.79 Å². The predicted molar refractivity (Wildman–Crippen MR) is 104 cm³/mol. The number of para-hydroxylation sites is 2. The van der Waals surface area contributed by atoms with Crippen molar-refractivity contribution in [2.45, 2.75) is 6.92 Å². The molecular weight excluding hydrogens is 369 g/mol. The second-order valence-electron chi connectivity index (χ2n) is 5.99. The van der Waals surface area contributed by atoms with Crippen LogP contribution in [0.2, 0.25) is 10.0 Å². The molecule has 0 bridgehead atoms. The summed E-state index contributed by atoms with van der Waals surface area (Å²) in [5.41, 5.74) is 3.92. The number of hydrogen-bond acceptors (Lipinski definition) is 3. The molecule has 1 aromatic heterocycles. The average Bonchev–Trinajstić information content (AvgIpc) is 3.05. The van der Waals surface area contributed by atoms with Gasteiger partial charge < -0.3 is 4.42 Å². The van der Waals surface area contributed by atoms with Gasteiger partial charge in [0.05, 0.1) is 5.02 Å². The van der Waals surface area contributed by atoms with Gasteiger partial charge in [-0.05, 0) is 49.4 Å². The first kappa shape index (κ1) is 16.8. The van der Waals surface area contributed by atoms with Crippen LogP contribution in [0.3, 0.4) is 0 Å². The van der Waals surface area contributed by atoms with E-state index < -0.39 is 0 Å². The molecule has 0 amide bonds. The van der Waals surface area contributed by atoms with Crippen molar-refractivity contribution >= 4 is 40.1 Å². The van der Waals surface area contributed by atoms with Gasteiger partial charge in [-0.15, -0.1) is 0 Å². The molecule has 3 aromatic carbocycles. The first-order valence-corrected chi connectivity index (χ1v) is 8.75. The van der Waals surface area contributed by atoms with Gasteiger partial charge in [-0.2, -0.15) is 0 Å². The molecule has 1 heterocycles. The van der Waals surface area contributed by atoms with E-state index >= 15 is 0 Å². The van der Waals surface area contributed by atoms with E-state index in [1.807, 2.05) is 43.3 Å². The Hall–Kier alpha value is -2.62. The van der Waals surface area contributed by atoms with Crippen LogP contribution in [0.1, 0.15) is 21.5 Å². The fourth-order valence-corrected chi connectivity index (χ4v) is 3.33. The zero-order chi connectivity index (χ0) is 18.3. The third kappa shape index (κ3) is 3.00. The van der Waals surface area contributed by atoms with Crippen molar-refractivity contribution in [3.63, 3.8) is 0 Å². The Kier molecular flexibility index (Phi) is 4.27. The highest BCUT2D eigenvalue weighted by atomic mass is 35.5. The highest BCUT2D eigenvalue weighted by Crippen LogP contribution is 2.31. The van der Waals surface area contributed by atoms with E-state index in [0.29, 0.717) is 38.2 Å². The molecule has 0 saturated carbocycles. The number of benzene rings is 3. The monoisotopic (exact) mass is 381 g/mol.